The number of amides is 1. The van der Waals surface area contributed by atoms with Gasteiger partial charge in [-0.15, -0.1) is 0 Å². The molecule has 3 aromatic rings. The highest BCUT2D eigenvalue weighted by molar-refractivity contribution is 14.1. The predicted octanol–water partition coefficient (Wildman–Crippen LogP) is 4.20. The molecule has 0 atom stereocenters. The van der Waals surface area contributed by atoms with E-state index in [1.165, 1.54) is 6.21 Å². The van der Waals surface area contributed by atoms with Gasteiger partial charge in [0, 0.05) is 11.1 Å². The Bertz CT molecular complexity index is 1030. The molecule has 134 valence electrons. The molecule has 1 aromatic heterocycles. The second-order valence-electron chi connectivity index (χ2n) is 5.44. The normalized spacial score (nSPS) is 10.6. The van der Waals surface area contributed by atoms with Crippen LogP contribution in [-0.4, -0.2) is 19.2 Å². The molecule has 1 heterocycles. The van der Waals surface area contributed by atoms with Crippen LogP contribution in [-0.2, 0) is 0 Å². The third-order valence-electron chi connectivity index (χ3n) is 3.70. The molecule has 0 radical (unpaired) electrons. The number of ether oxygens (including phenoxy) is 1. The maximum Gasteiger partial charge on any atom is 0.271 e. The Kier molecular flexibility index (Phi) is 5.88. The van der Waals surface area contributed by atoms with Crippen molar-refractivity contribution in [2.45, 2.75) is 0 Å². The summed E-state index contributed by atoms with van der Waals surface area (Å²) < 4.78 is 11.8. The maximum atomic E-state index is 12.2. The number of nitrogens with zero attached hydrogens (tertiary/aromatic N) is 2. The molecular weight excluding hydrogens is 457 g/mol. The van der Waals surface area contributed by atoms with Crippen LogP contribution < -0.4 is 10.2 Å². The molecule has 0 fully saturated rings. The molecule has 0 aliphatic carbocycles. The van der Waals surface area contributed by atoms with E-state index in [2.05, 4.69) is 39.2 Å². The Hall–Kier alpha value is -3.12. The van der Waals surface area contributed by atoms with Crippen molar-refractivity contribution in [1.82, 2.24) is 5.43 Å². The minimum absolute atomic E-state index is 0.347. The summed E-state index contributed by atoms with van der Waals surface area (Å²) in [4.78, 5) is 12.2. The Morgan fingerprint density at radius 3 is 2.70 bits per heavy atom. The van der Waals surface area contributed by atoms with E-state index >= 15 is 0 Å². The first-order chi connectivity index (χ1) is 13.1. The second-order valence-corrected chi connectivity index (χ2v) is 6.60. The van der Waals surface area contributed by atoms with Gasteiger partial charge in [-0.3, -0.25) is 4.79 Å². The highest BCUT2D eigenvalue weighted by Crippen LogP contribution is 2.23. The molecule has 6 nitrogen and oxygen atoms in total. The number of nitriles is 1. The number of carbonyl (C=O) groups excluding carboxylic acids is 1. The van der Waals surface area contributed by atoms with E-state index in [0.29, 0.717) is 28.4 Å². The number of hydrogen-bond acceptors (Lipinski definition) is 5. The molecule has 7 heteroatoms. The molecule has 0 bridgehead atoms. The number of methoxy groups -OCH3 is 1. The number of nitrogens with one attached hydrogen (secondary N) is 1. The lowest BCUT2D eigenvalue weighted by molar-refractivity contribution is 0.0954. The monoisotopic (exact) mass is 471 g/mol. The number of carbonyl (C=O) groups is 1. The van der Waals surface area contributed by atoms with Gasteiger partial charge in [-0.2, -0.15) is 10.4 Å². The van der Waals surface area contributed by atoms with Gasteiger partial charge in [-0.05, 0) is 77.2 Å². The topological polar surface area (TPSA) is 87.6 Å². The largest absolute Gasteiger partial charge is 0.496 e. The van der Waals surface area contributed by atoms with Crippen molar-refractivity contribution in [3.8, 4) is 23.1 Å². The van der Waals surface area contributed by atoms with E-state index in [1.54, 1.807) is 49.6 Å². The molecule has 0 unspecified atom stereocenters. The lowest BCUT2D eigenvalue weighted by atomic mass is 10.1. The maximum absolute atomic E-state index is 12.2. The quantitative estimate of drug-likeness (QED) is 0.344. The summed E-state index contributed by atoms with van der Waals surface area (Å²) in [7, 11) is 1.56. The van der Waals surface area contributed by atoms with Crippen LogP contribution in [0.2, 0.25) is 0 Å². The van der Waals surface area contributed by atoms with Crippen molar-refractivity contribution < 1.29 is 13.9 Å². The van der Waals surface area contributed by atoms with Crippen LogP contribution in [0.25, 0.3) is 11.3 Å². The zero-order valence-corrected chi connectivity index (χ0v) is 16.4. The Morgan fingerprint density at radius 1 is 1.22 bits per heavy atom. The van der Waals surface area contributed by atoms with Crippen molar-refractivity contribution in [2.24, 2.45) is 5.10 Å². The van der Waals surface area contributed by atoms with E-state index in [0.717, 1.165) is 9.13 Å². The molecular formula is C20H14IN3O3. The van der Waals surface area contributed by atoms with Gasteiger partial charge in [0.2, 0.25) is 0 Å². The lowest BCUT2D eigenvalue weighted by Crippen LogP contribution is -2.17. The van der Waals surface area contributed by atoms with Crippen molar-refractivity contribution in [3.63, 3.8) is 0 Å². The van der Waals surface area contributed by atoms with Crippen molar-refractivity contribution >= 4 is 34.7 Å². The second kappa shape index (κ2) is 8.51. The summed E-state index contributed by atoms with van der Waals surface area (Å²) in [6.45, 7) is 0. The highest BCUT2D eigenvalue weighted by Gasteiger charge is 2.08. The summed E-state index contributed by atoms with van der Waals surface area (Å²) in [5.41, 5.74) is 4.34. The van der Waals surface area contributed by atoms with Crippen LogP contribution in [0.5, 0.6) is 5.75 Å². The third-order valence-corrected chi connectivity index (χ3v) is 4.59. The van der Waals surface area contributed by atoms with E-state index < -0.39 is 0 Å². The summed E-state index contributed by atoms with van der Waals surface area (Å²) >= 11 is 2.13. The van der Waals surface area contributed by atoms with Crippen LogP contribution in [0, 0.1) is 14.9 Å². The van der Waals surface area contributed by atoms with Gasteiger partial charge in [0.1, 0.15) is 17.3 Å². The first-order valence-corrected chi connectivity index (χ1v) is 8.96. The molecule has 2 aromatic carbocycles. The van der Waals surface area contributed by atoms with E-state index in [-0.39, 0.29) is 5.91 Å². The minimum atomic E-state index is -0.347. The number of hydrogen-bond donors (Lipinski definition) is 1. The van der Waals surface area contributed by atoms with E-state index in [4.69, 9.17) is 14.4 Å². The minimum Gasteiger partial charge on any atom is -0.496 e. The average Bonchev–Trinajstić information content (AvgIpc) is 3.17. The summed E-state index contributed by atoms with van der Waals surface area (Å²) in [6, 6.07) is 17.8. The number of furan rings is 1. The molecule has 0 aliphatic rings. The van der Waals surface area contributed by atoms with Gasteiger partial charge >= 0.3 is 0 Å². The first kappa shape index (κ1) is 18.7. The lowest BCUT2D eigenvalue weighted by Gasteiger charge is -2.05. The molecule has 27 heavy (non-hydrogen) atoms. The van der Waals surface area contributed by atoms with Crippen LogP contribution in [0.3, 0.4) is 0 Å². The fraction of sp³-hybridized carbons (Fsp3) is 0.0500. The summed E-state index contributed by atoms with van der Waals surface area (Å²) in [5, 5.41) is 12.8. The van der Waals surface area contributed by atoms with Gasteiger partial charge in [-0.1, -0.05) is 0 Å². The number of rotatable bonds is 5. The highest BCUT2D eigenvalue weighted by atomic mass is 127. The Balaban J connectivity index is 1.65. The first-order valence-electron chi connectivity index (χ1n) is 7.88. The molecule has 1 amide bonds. The smallest absolute Gasteiger partial charge is 0.271 e. The van der Waals surface area contributed by atoms with Gasteiger partial charge in [-0.25, -0.2) is 5.43 Å². The van der Waals surface area contributed by atoms with E-state index in [9.17, 15) is 4.79 Å². The number of halogens is 1. The molecule has 3 rings (SSSR count). The molecule has 0 saturated carbocycles. The fourth-order valence-corrected chi connectivity index (χ4v) is 2.86. The molecule has 0 saturated heterocycles. The van der Waals surface area contributed by atoms with E-state index in [1.807, 2.05) is 12.1 Å². The van der Waals surface area contributed by atoms with Crippen molar-refractivity contribution in [1.29, 1.82) is 5.26 Å². The Morgan fingerprint density at radius 2 is 2.00 bits per heavy atom. The fourth-order valence-electron chi connectivity index (χ4n) is 2.31. The van der Waals surface area contributed by atoms with Gasteiger partial charge in [0.05, 0.1) is 28.5 Å². The van der Waals surface area contributed by atoms with Crippen LogP contribution in [0.1, 0.15) is 21.7 Å². The van der Waals surface area contributed by atoms with Crippen molar-refractivity contribution in [3.05, 3.63) is 75.1 Å². The summed E-state index contributed by atoms with van der Waals surface area (Å²) in [5.74, 6) is 1.43. The summed E-state index contributed by atoms with van der Waals surface area (Å²) in [6.07, 6.45) is 1.43. The zero-order valence-electron chi connectivity index (χ0n) is 14.3. The van der Waals surface area contributed by atoms with Crippen LogP contribution in [0.4, 0.5) is 0 Å². The van der Waals surface area contributed by atoms with Gasteiger partial charge in [0.25, 0.3) is 5.91 Å². The zero-order chi connectivity index (χ0) is 19.2. The van der Waals surface area contributed by atoms with Crippen molar-refractivity contribution in [2.75, 3.05) is 7.11 Å². The molecule has 0 spiro atoms. The number of benzene rings is 2. The average molecular weight is 471 g/mol. The SMILES string of the molecule is COc1cc(C(=O)N/N=C\c2ccc(-c3ccc(C#N)cc3)o2)ccc1I. The molecule has 1 N–H and O–H groups in total. The third kappa shape index (κ3) is 4.54. The van der Waals surface area contributed by atoms with Gasteiger partial charge in [0.15, 0.2) is 0 Å². The van der Waals surface area contributed by atoms with Gasteiger partial charge < -0.3 is 9.15 Å². The Labute approximate surface area is 169 Å². The van der Waals surface area contributed by atoms with Crippen LogP contribution >= 0.6 is 22.6 Å². The number of hydrazone groups is 1. The predicted molar refractivity (Wildman–Crippen MR) is 110 cm³/mol. The standard InChI is InChI=1S/C20H14IN3O3/c1-26-19-10-15(6-8-17(19)21)20(25)24-23-12-16-7-9-18(27-16)14-4-2-13(11-22)3-5-14/h2-10,12H,1H3,(H,24,25)/b23-12-. The van der Waals surface area contributed by atoms with Crippen LogP contribution in [0.15, 0.2) is 64.1 Å². The molecule has 0 aliphatic heterocycles.